The summed E-state index contributed by atoms with van der Waals surface area (Å²) in [4.78, 5) is 18.3. The van der Waals surface area contributed by atoms with E-state index in [0.29, 0.717) is 75.0 Å². The van der Waals surface area contributed by atoms with E-state index in [-0.39, 0.29) is 11.6 Å². The summed E-state index contributed by atoms with van der Waals surface area (Å²) in [5.41, 5.74) is 14.3. The summed E-state index contributed by atoms with van der Waals surface area (Å²) in [7, 11) is 1.44. The van der Waals surface area contributed by atoms with E-state index in [4.69, 9.17) is 16.3 Å². The molecule has 0 saturated heterocycles. The van der Waals surface area contributed by atoms with Gasteiger partial charge in [0.05, 0.1) is 34.9 Å². The van der Waals surface area contributed by atoms with Crippen molar-refractivity contribution < 1.29 is 22.3 Å². The van der Waals surface area contributed by atoms with Gasteiger partial charge in [0.1, 0.15) is 57.8 Å². The lowest BCUT2D eigenvalue weighted by Gasteiger charge is -2.04. The molecular weight excluding hydrogens is 1360 g/mol. The van der Waals surface area contributed by atoms with Crippen molar-refractivity contribution in [2.45, 2.75) is 94.9 Å². The van der Waals surface area contributed by atoms with Crippen LogP contribution in [0.3, 0.4) is 0 Å². The second kappa shape index (κ2) is 30.9. The minimum absolute atomic E-state index is 0.206. The average Bonchev–Trinajstić information content (AvgIpc) is 1.68. The van der Waals surface area contributed by atoms with Crippen LogP contribution in [-0.4, -0.2) is 109 Å². The molecule has 16 aromatic rings. The van der Waals surface area contributed by atoms with Crippen LogP contribution in [0.1, 0.15) is 89.8 Å². The summed E-state index contributed by atoms with van der Waals surface area (Å²) in [6.07, 6.45) is 3.40. The van der Waals surface area contributed by atoms with Gasteiger partial charge in [-0.3, -0.25) is 40.8 Å². The van der Waals surface area contributed by atoms with Crippen LogP contribution in [0.5, 0.6) is 5.75 Å². The number of nitrogens with zero attached hydrogens (tertiary/aromatic N) is 12. The lowest BCUT2D eigenvalue weighted by molar-refractivity contribution is 0.386. The fraction of sp³-hybridized carbons (Fsp3) is 0.241. The first-order valence-electron chi connectivity index (χ1n) is 34.5. The molecule has 0 radical (unpaired) electrons. The summed E-state index contributed by atoms with van der Waals surface area (Å²) >= 11 is 6.16. The van der Waals surface area contributed by atoms with Crippen LogP contribution in [0.4, 0.5) is 17.6 Å². The fourth-order valence-electron chi connectivity index (χ4n) is 12.1. The number of aromatic nitrogens is 20. The fourth-order valence-corrected chi connectivity index (χ4v) is 12.3. The second-order valence-corrected chi connectivity index (χ2v) is 28.0. The summed E-state index contributed by atoms with van der Waals surface area (Å²) in [6.45, 7) is 20.9. The Balaban J connectivity index is 0.000000124. The highest BCUT2D eigenvalue weighted by Gasteiger charge is 2.20. The predicted octanol–water partition coefficient (Wildman–Crippen LogP) is 18.7. The van der Waals surface area contributed by atoms with Crippen molar-refractivity contribution in [1.29, 1.82) is 0 Å². The van der Waals surface area contributed by atoms with E-state index in [1.54, 1.807) is 25.1 Å². The first kappa shape index (κ1) is 71.4. The van der Waals surface area contributed by atoms with Gasteiger partial charge in [0.2, 0.25) is 0 Å². The maximum absolute atomic E-state index is 14.1. The van der Waals surface area contributed by atoms with Crippen LogP contribution in [-0.2, 0) is 25.7 Å². The van der Waals surface area contributed by atoms with Crippen molar-refractivity contribution >= 4 is 55.2 Å². The molecule has 8 N–H and O–H groups in total. The minimum Gasteiger partial charge on any atom is -0.494 e. The van der Waals surface area contributed by atoms with Crippen molar-refractivity contribution in [3.63, 3.8) is 0 Å². The predicted molar refractivity (Wildman–Crippen MR) is 403 cm³/mol. The number of halogens is 5. The largest absolute Gasteiger partial charge is 0.494 e. The van der Waals surface area contributed by atoms with Gasteiger partial charge in [-0.05, 0) is 170 Å². The average molecular weight is 1430 g/mol. The molecule has 0 fully saturated rings. The van der Waals surface area contributed by atoms with Gasteiger partial charge < -0.3 is 4.74 Å². The second-order valence-electron chi connectivity index (χ2n) is 27.6. The maximum atomic E-state index is 14.1. The number of hydrogen-bond acceptors (Lipinski definition) is 13. The maximum Gasteiger partial charge on any atom is 0.181 e. The number of benzene rings is 8. The topological polar surface area (TPSA) is 290 Å². The third-order valence-electron chi connectivity index (χ3n) is 17.3. The van der Waals surface area contributed by atoms with E-state index in [0.717, 1.165) is 154 Å². The molecule has 105 heavy (non-hydrogen) atoms. The number of nitrogens with one attached hydrogen (secondary N) is 8. The van der Waals surface area contributed by atoms with E-state index in [2.05, 4.69) is 169 Å². The molecule has 0 amide bonds. The zero-order valence-corrected chi connectivity index (χ0v) is 60.4. The Hall–Kier alpha value is -12.0. The van der Waals surface area contributed by atoms with E-state index in [1.807, 2.05) is 91.9 Å². The van der Waals surface area contributed by atoms with Gasteiger partial charge in [-0.15, -0.1) is 0 Å². The molecule has 0 aliphatic heterocycles. The molecule has 0 saturated carbocycles. The highest BCUT2D eigenvalue weighted by atomic mass is 35.5. The van der Waals surface area contributed by atoms with Gasteiger partial charge in [-0.2, -0.15) is 40.8 Å². The number of aromatic amines is 8. The third-order valence-corrected chi connectivity index (χ3v) is 17.7. The summed E-state index contributed by atoms with van der Waals surface area (Å²) in [5.74, 6) is 6.36. The molecule has 8 aromatic carbocycles. The van der Waals surface area contributed by atoms with Crippen LogP contribution < -0.4 is 4.74 Å². The molecule has 0 atom stereocenters. The van der Waals surface area contributed by atoms with Gasteiger partial charge in [0.15, 0.2) is 34.9 Å². The molecule has 0 bridgehead atoms. The molecule has 21 nitrogen and oxygen atoms in total. The first-order valence-corrected chi connectivity index (χ1v) is 34.9. The number of H-pyrrole nitrogens is 8. The standard InChI is InChI=1S/C20H20ClN5.C20H20FN5O.C20H20FN5.C19H17F2N5/c1-11(2)8-18-22-20(26-24-18)14-5-7-17-15(10-14)19(25-23-17)13-4-6-16(21)12(3)9-13;1-11(2)8-18-22-20(26-24-18)13-4-6-16-14(9-13)19(25-23-16)12-5-7-17(27-3)15(21)10-12;1-11(2)8-18-22-20(26-24-18)14-6-7-17-15(9-14)19(25-23-17)13-5-4-12(3)16(21)10-13;1-10(2)5-17-22-19(26-24-17)11-3-4-16-15(8-11)18(25-23-16)12-6-13(20)9-14(21)7-12/h4-7,9-11H,8H2,1-3H3,(H,23,25)(H,22,24,26);4-7,9-11H,8H2,1-3H3,(H,23,25)(H,22,24,26);4-7,9-11H,8H2,1-3H3,(H,23,25)(H,22,24,26);3-4,6-10H,5H2,1-2H3,(H,23,25)(H,22,24,26). The van der Waals surface area contributed by atoms with Gasteiger partial charge in [-0.25, -0.2) is 37.5 Å². The quantitative estimate of drug-likeness (QED) is 0.0394. The molecule has 0 spiro atoms. The van der Waals surface area contributed by atoms with Gasteiger partial charge >= 0.3 is 0 Å². The Bertz CT molecular complexity index is 5540. The van der Waals surface area contributed by atoms with Gasteiger partial charge in [-0.1, -0.05) is 85.2 Å². The van der Waals surface area contributed by atoms with Crippen LogP contribution in [0.25, 0.3) is 134 Å². The van der Waals surface area contributed by atoms with Crippen LogP contribution in [0.15, 0.2) is 146 Å². The number of hydrogen-bond donors (Lipinski definition) is 8. The van der Waals surface area contributed by atoms with Crippen molar-refractivity contribution in [2.75, 3.05) is 7.11 Å². The lowest BCUT2D eigenvalue weighted by atomic mass is 10.0. The Labute approximate surface area is 606 Å². The molecule has 8 heterocycles. The molecule has 8 aromatic heterocycles. The van der Waals surface area contributed by atoms with Gasteiger partial charge in [0.25, 0.3) is 0 Å². The number of fused-ring (bicyclic) bond motifs is 4. The first-order chi connectivity index (χ1) is 50.6. The van der Waals surface area contributed by atoms with E-state index >= 15 is 0 Å². The number of ether oxygens (including phenoxy) is 1. The summed E-state index contributed by atoms with van der Waals surface area (Å²) in [5, 5.41) is 63.1. The minimum atomic E-state index is -0.639. The SMILES string of the molecule is CC(C)Cc1nc(-c2ccc3[nH]nc(-c4cc(F)cc(F)c4)c3c2)n[nH]1.COc1ccc(-c2n[nH]c3ccc(-c4n[nH]c(CC(C)C)n4)cc23)cc1F.Cc1cc(-c2n[nH]c3ccc(-c4n[nH]c(CC(C)C)n4)cc23)ccc1Cl.Cc1ccc(-c2n[nH]c3ccc(-c4n[nH]c(CC(C)C)n4)cc23)cc1F. The Morgan fingerprint density at radius 3 is 0.962 bits per heavy atom. The Kier molecular flexibility index (Phi) is 21.0. The van der Waals surface area contributed by atoms with E-state index in [1.165, 1.54) is 31.4 Å². The highest BCUT2D eigenvalue weighted by Crippen LogP contribution is 2.36. The normalized spacial score (nSPS) is 11.5. The highest BCUT2D eigenvalue weighted by molar-refractivity contribution is 6.31. The molecule has 0 unspecified atom stereocenters. The molecule has 534 valence electrons. The molecule has 26 heteroatoms. The number of aryl methyl sites for hydroxylation is 2. The zero-order chi connectivity index (χ0) is 73.7. The molecule has 0 aliphatic carbocycles. The zero-order valence-electron chi connectivity index (χ0n) is 59.7. The molecule has 0 aliphatic rings. The number of rotatable bonds is 17. The molecule has 16 rings (SSSR count). The van der Waals surface area contributed by atoms with Crippen LogP contribution in [0.2, 0.25) is 5.02 Å². The third kappa shape index (κ3) is 16.4. The molecular formula is C79H77ClF4N20O. The van der Waals surface area contributed by atoms with Crippen LogP contribution >= 0.6 is 11.6 Å². The van der Waals surface area contributed by atoms with Crippen molar-refractivity contribution in [3.8, 4) is 96.3 Å². The number of methoxy groups -OCH3 is 1. The monoisotopic (exact) mass is 1430 g/mol. The van der Waals surface area contributed by atoms with Crippen molar-refractivity contribution in [3.05, 3.63) is 208 Å². The Morgan fingerprint density at radius 1 is 0.324 bits per heavy atom. The van der Waals surface area contributed by atoms with Crippen LogP contribution in [0, 0.1) is 60.8 Å². The van der Waals surface area contributed by atoms with E-state index < -0.39 is 17.5 Å². The smallest absolute Gasteiger partial charge is 0.181 e. The van der Waals surface area contributed by atoms with E-state index in [9.17, 15) is 17.6 Å². The Morgan fingerprint density at radius 2 is 0.638 bits per heavy atom. The van der Waals surface area contributed by atoms with Gasteiger partial charge in [0, 0.05) is 103 Å². The van der Waals surface area contributed by atoms with Crippen molar-refractivity contribution in [1.82, 2.24) is 102 Å². The summed E-state index contributed by atoms with van der Waals surface area (Å²) in [6, 6.07) is 42.8. The lowest BCUT2D eigenvalue weighted by Crippen LogP contribution is -1.95. The van der Waals surface area contributed by atoms with Crippen molar-refractivity contribution in [2.24, 2.45) is 23.7 Å². The summed E-state index contributed by atoms with van der Waals surface area (Å²) < 4.78 is 60.2.